The van der Waals surface area contributed by atoms with Crippen LogP contribution < -0.4 is 4.90 Å². The fourth-order valence-corrected chi connectivity index (χ4v) is 4.34. The van der Waals surface area contributed by atoms with E-state index in [4.69, 9.17) is 24.6 Å². The van der Waals surface area contributed by atoms with Crippen molar-refractivity contribution < 1.29 is 37.3 Å². The lowest BCUT2D eigenvalue weighted by atomic mass is 10.0. The van der Waals surface area contributed by atoms with Gasteiger partial charge in [0.1, 0.15) is 12.2 Å². The zero-order chi connectivity index (χ0) is 24.8. The maximum absolute atomic E-state index is 12.5. The summed E-state index contributed by atoms with van der Waals surface area (Å²) in [6.07, 6.45) is -5.08. The number of carboxylic acids is 1. The highest BCUT2D eigenvalue weighted by atomic mass is 32.1. The van der Waals surface area contributed by atoms with Crippen LogP contribution in [0.5, 0.6) is 0 Å². The molecule has 0 bridgehead atoms. The fraction of sp³-hybridized carbons (Fsp3) is 0.409. The van der Waals surface area contributed by atoms with Crippen LogP contribution in [0.2, 0.25) is 0 Å². The van der Waals surface area contributed by atoms with Gasteiger partial charge in [-0.25, -0.2) is 4.79 Å². The van der Waals surface area contributed by atoms with Crippen molar-refractivity contribution in [1.29, 1.82) is 5.26 Å². The van der Waals surface area contributed by atoms with Gasteiger partial charge in [0.15, 0.2) is 0 Å². The van der Waals surface area contributed by atoms with Crippen LogP contribution in [0.25, 0.3) is 0 Å². The molecule has 1 aromatic heterocycles. The third-order valence-electron chi connectivity index (χ3n) is 5.19. The summed E-state index contributed by atoms with van der Waals surface area (Å²) in [5.74, 6) is -2.83. The molecule has 1 atom stereocenters. The van der Waals surface area contributed by atoms with E-state index in [1.54, 1.807) is 28.4 Å². The molecule has 3 heterocycles. The third-order valence-corrected chi connectivity index (χ3v) is 6.05. The Morgan fingerprint density at radius 1 is 1.24 bits per heavy atom. The second kappa shape index (κ2) is 11.0. The quantitative estimate of drug-likeness (QED) is 0.696. The van der Waals surface area contributed by atoms with Crippen LogP contribution in [0, 0.1) is 11.3 Å². The first-order valence-corrected chi connectivity index (χ1v) is 11.1. The van der Waals surface area contributed by atoms with Crippen molar-refractivity contribution in [1.82, 2.24) is 4.90 Å². The minimum absolute atomic E-state index is 0.0379. The van der Waals surface area contributed by atoms with Crippen LogP contribution in [0.15, 0.2) is 41.8 Å². The summed E-state index contributed by atoms with van der Waals surface area (Å²) in [4.78, 5) is 26.8. The van der Waals surface area contributed by atoms with E-state index in [9.17, 15) is 18.0 Å². The minimum Gasteiger partial charge on any atom is -0.475 e. The highest BCUT2D eigenvalue weighted by molar-refractivity contribution is 7.09. The zero-order valence-corrected chi connectivity index (χ0v) is 18.8. The number of carbonyl (C=O) groups is 2. The van der Waals surface area contributed by atoms with Gasteiger partial charge in [-0.05, 0) is 35.7 Å². The van der Waals surface area contributed by atoms with Gasteiger partial charge in [0.25, 0.3) is 5.91 Å². The largest absolute Gasteiger partial charge is 0.490 e. The SMILES string of the molecule is N#Cc1ccc(N2CC3(COCCN(Cc4cccs4)C3)OCC2=O)cc1.O=C(O)C(F)(F)F. The van der Waals surface area contributed by atoms with Crippen LogP contribution in [0.1, 0.15) is 10.4 Å². The van der Waals surface area contributed by atoms with Gasteiger partial charge in [-0.2, -0.15) is 18.4 Å². The fourth-order valence-electron chi connectivity index (χ4n) is 3.59. The van der Waals surface area contributed by atoms with Gasteiger partial charge in [0.05, 0.1) is 31.4 Å². The number of carboxylic acid groups (broad SMARTS) is 1. The van der Waals surface area contributed by atoms with E-state index in [1.807, 2.05) is 12.1 Å². The normalized spacial score (nSPS) is 21.4. The average molecular weight is 497 g/mol. The number of thiophene rings is 1. The molecule has 0 aliphatic carbocycles. The van der Waals surface area contributed by atoms with Crippen molar-refractivity contribution in [3.63, 3.8) is 0 Å². The van der Waals surface area contributed by atoms with E-state index in [0.29, 0.717) is 31.9 Å². The van der Waals surface area contributed by atoms with E-state index in [1.165, 1.54) is 4.88 Å². The van der Waals surface area contributed by atoms with Crippen molar-refractivity contribution in [2.45, 2.75) is 18.3 Å². The molecule has 34 heavy (non-hydrogen) atoms. The van der Waals surface area contributed by atoms with Crippen LogP contribution in [-0.2, 0) is 25.6 Å². The molecule has 12 heteroatoms. The molecule has 1 aromatic carbocycles. The average Bonchev–Trinajstić information content (AvgIpc) is 3.23. The molecule has 2 saturated heterocycles. The molecule has 2 fully saturated rings. The Hall–Kier alpha value is -2.98. The maximum Gasteiger partial charge on any atom is 0.490 e. The summed E-state index contributed by atoms with van der Waals surface area (Å²) in [5, 5.41) is 18.2. The molecule has 182 valence electrons. The number of morpholine rings is 1. The number of carbonyl (C=O) groups excluding carboxylic acids is 1. The minimum atomic E-state index is -5.08. The number of ether oxygens (including phenoxy) is 2. The number of aliphatic carboxylic acids is 1. The van der Waals surface area contributed by atoms with Gasteiger partial charge in [0, 0.05) is 30.2 Å². The highest BCUT2D eigenvalue weighted by Gasteiger charge is 2.43. The number of alkyl halides is 3. The number of rotatable bonds is 3. The Morgan fingerprint density at radius 2 is 1.94 bits per heavy atom. The van der Waals surface area contributed by atoms with Crippen LogP contribution >= 0.6 is 11.3 Å². The molecule has 0 saturated carbocycles. The third kappa shape index (κ3) is 6.77. The molecule has 8 nitrogen and oxygen atoms in total. The van der Waals surface area contributed by atoms with Crippen LogP contribution in [0.3, 0.4) is 0 Å². The number of hydrogen-bond donors (Lipinski definition) is 1. The summed E-state index contributed by atoms with van der Waals surface area (Å²) < 4.78 is 43.6. The number of amides is 1. The van der Waals surface area contributed by atoms with Gasteiger partial charge < -0.3 is 19.5 Å². The first-order valence-electron chi connectivity index (χ1n) is 10.2. The number of anilines is 1. The molecule has 1 unspecified atom stereocenters. The van der Waals surface area contributed by atoms with Gasteiger partial charge >= 0.3 is 12.1 Å². The molecule has 4 rings (SSSR count). The molecular formula is C22H22F3N3O5S. The van der Waals surface area contributed by atoms with Crippen molar-refractivity contribution in [3.8, 4) is 6.07 Å². The topological polar surface area (TPSA) is 103 Å². The van der Waals surface area contributed by atoms with E-state index in [0.717, 1.165) is 18.8 Å². The molecular weight excluding hydrogens is 475 g/mol. The van der Waals surface area contributed by atoms with Crippen molar-refractivity contribution in [2.75, 3.05) is 44.4 Å². The number of nitriles is 1. The highest BCUT2D eigenvalue weighted by Crippen LogP contribution is 2.28. The van der Waals surface area contributed by atoms with Crippen molar-refractivity contribution in [2.24, 2.45) is 0 Å². The van der Waals surface area contributed by atoms with E-state index < -0.39 is 17.7 Å². The lowest BCUT2D eigenvalue weighted by Gasteiger charge is -2.43. The van der Waals surface area contributed by atoms with Gasteiger partial charge in [-0.15, -0.1) is 11.3 Å². The summed E-state index contributed by atoms with van der Waals surface area (Å²) >= 11 is 1.75. The lowest BCUT2D eigenvalue weighted by molar-refractivity contribution is -0.192. The summed E-state index contributed by atoms with van der Waals surface area (Å²) in [6.45, 7) is 4.01. The Morgan fingerprint density at radius 3 is 2.53 bits per heavy atom. The first-order chi connectivity index (χ1) is 16.1. The van der Waals surface area contributed by atoms with Gasteiger partial charge in [-0.3, -0.25) is 9.69 Å². The van der Waals surface area contributed by atoms with Crippen LogP contribution in [-0.4, -0.2) is 73.1 Å². The molecule has 2 aromatic rings. The molecule has 0 radical (unpaired) electrons. The molecule has 2 aliphatic heterocycles. The predicted molar refractivity (Wildman–Crippen MR) is 116 cm³/mol. The Balaban J connectivity index is 0.000000406. The van der Waals surface area contributed by atoms with E-state index in [2.05, 4.69) is 28.5 Å². The van der Waals surface area contributed by atoms with E-state index >= 15 is 0 Å². The number of nitrogens with zero attached hydrogens (tertiary/aromatic N) is 3. The Labute approximate surface area is 197 Å². The Bertz CT molecular complexity index is 1020. The zero-order valence-electron chi connectivity index (χ0n) is 18.0. The van der Waals surface area contributed by atoms with Crippen LogP contribution in [0.4, 0.5) is 18.9 Å². The second-order valence-electron chi connectivity index (χ2n) is 7.76. The second-order valence-corrected chi connectivity index (χ2v) is 8.79. The summed E-state index contributed by atoms with van der Waals surface area (Å²) in [7, 11) is 0. The molecule has 2 aliphatic rings. The number of benzene rings is 1. The van der Waals surface area contributed by atoms with Crippen molar-refractivity contribution in [3.05, 3.63) is 52.2 Å². The molecule has 1 N–H and O–H groups in total. The predicted octanol–water partition coefficient (Wildman–Crippen LogP) is 2.89. The summed E-state index contributed by atoms with van der Waals surface area (Å²) in [6, 6.07) is 13.4. The first kappa shape index (κ1) is 25.6. The number of hydrogen-bond acceptors (Lipinski definition) is 7. The summed E-state index contributed by atoms with van der Waals surface area (Å²) in [5.41, 5.74) is 0.820. The molecule has 1 spiro atoms. The molecule has 1 amide bonds. The Kier molecular flexibility index (Phi) is 8.27. The van der Waals surface area contributed by atoms with Gasteiger partial charge in [-0.1, -0.05) is 6.07 Å². The lowest BCUT2D eigenvalue weighted by Crippen LogP contribution is -2.60. The van der Waals surface area contributed by atoms with Crippen molar-refractivity contribution >= 4 is 28.9 Å². The monoisotopic (exact) mass is 497 g/mol. The maximum atomic E-state index is 12.5. The number of halogens is 3. The van der Waals surface area contributed by atoms with Gasteiger partial charge in [0.2, 0.25) is 0 Å². The smallest absolute Gasteiger partial charge is 0.475 e. The van der Waals surface area contributed by atoms with E-state index in [-0.39, 0.29) is 12.5 Å². The standard InChI is InChI=1S/C20H21N3O3S.C2HF3O2/c21-10-16-3-5-17(6-4-16)23-14-20(26-12-19(23)24)13-22(7-8-25-15-20)11-18-2-1-9-27-18;3-2(4,5)1(6)7/h1-6,9H,7-8,11-15H2;(H,6,7).